The van der Waals surface area contributed by atoms with Crippen molar-refractivity contribution in [2.24, 2.45) is 0 Å². The highest BCUT2D eigenvalue weighted by Crippen LogP contribution is 2.33. The molecule has 4 aromatic rings. The van der Waals surface area contributed by atoms with E-state index in [2.05, 4.69) is 15.3 Å². The monoisotopic (exact) mass is 422 g/mol. The van der Waals surface area contributed by atoms with E-state index in [4.69, 9.17) is 9.47 Å². The predicted octanol–water partition coefficient (Wildman–Crippen LogP) is 2.67. The van der Waals surface area contributed by atoms with Crippen LogP contribution in [0.1, 0.15) is 16.8 Å². The van der Waals surface area contributed by atoms with Crippen molar-refractivity contribution in [2.75, 3.05) is 6.79 Å². The normalized spacial score (nSPS) is 12.6. The molecule has 0 unspecified atom stereocenters. The summed E-state index contributed by atoms with van der Waals surface area (Å²) in [5, 5.41) is 3.73. The van der Waals surface area contributed by atoms with Crippen LogP contribution in [-0.4, -0.2) is 27.2 Å². The van der Waals surface area contributed by atoms with E-state index in [0.29, 0.717) is 28.3 Å². The average molecular weight is 422 g/mol. The minimum Gasteiger partial charge on any atom is -0.454 e. The Labute approximate surface area is 175 Å². The smallest absolute Gasteiger partial charge is 0.271 e. The van der Waals surface area contributed by atoms with Gasteiger partial charge >= 0.3 is 0 Å². The zero-order valence-electron chi connectivity index (χ0n) is 16.4. The lowest BCUT2D eigenvalue weighted by molar-refractivity contribution is -0.121. The molecule has 0 saturated heterocycles. The van der Waals surface area contributed by atoms with E-state index in [0.717, 1.165) is 27.0 Å². The Bertz CT molecular complexity index is 1380. The van der Waals surface area contributed by atoms with Crippen molar-refractivity contribution in [3.05, 3.63) is 57.8 Å². The fraction of sp³-hybridized carbons (Fsp3) is 0.238. The number of nitrogens with zero attached hydrogens (tertiary/aromatic N) is 3. The van der Waals surface area contributed by atoms with Crippen LogP contribution >= 0.6 is 11.3 Å². The van der Waals surface area contributed by atoms with Crippen molar-refractivity contribution in [1.82, 2.24) is 19.9 Å². The molecule has 0 aliphatic carbocycles. The van der Waals surface area contributed by atoms with E-state index in [-0.39, 0.29) is 24.8 Å². The van der Waals surface area contributed by atoms with Crippen molar-refractivity contribution in [3.63, 3.8) is 0 Å². The molecule has 0 radical (unpaired) electrons. The second-order valence-electron chi connectivity index (χ2n) is 7.18. The van der Waals surface area contributed by atoms with E-state index in [9.17, 15) is 9.59 Å². The van der Waals surface area contributed by atoms with Gasteiger partial charge in [0.05, 0.1) is 11.8 Å². The lowest BCUT2D eigenvalue weighted by Gasteiger charge is -2.08. The fourth-order valence-corrected chi connectivity index (χ4v) is 4.77. The first kappa shape index (κ1) is 18.6. The molecule has 4 heterocycles. The number of aryl methyl sites for hydroxylation is 2. The summed E-state index contributed by atoms with van der Waals surface area (Å²) in [5.74, 6) is 1.08. The van der Waals surface area contributed by atoms with Gasteiger partial charge in [-0.15, -0.1) is 11.3 Å². The SMILES string of the molecule is Cc1cc(C)c2c(n1)sc1c(=O)n(CC(=O)NCc3ccc4c(c3)OCO4)cnc12. The average Bonchev–Trinajstić information content (AvgIpc) is 3.32. The summed E-state index contributed by atoms with van der Waals surface area (Å²) in [5.41, 5.74) is 3.22. The van der Waals surface area contributed by atoms with Gasteiger partial charge in [0.2, 0.25) is 12.7 Å². The van der Waals surface area contributed by atoms with Crippen LogP contribution in [0.4, 0.5) is 0 Å². The summed E-state index contributed by atoms with van der Waals surface area (Å²) < 4.78 is 12.5. The number of carbonyl (C=O) groups excluding carboxylic acids is 1. The topological polar surface area (TPSA) is 95.3 Å². The number of benzene rings is 1. The number of hydrogen-bond donors (Lipinski definition) is 1. The van der Waals surface area contributed by atoms with Gasteiger partial charge in [-0.05, 0) is 43.2 Å². The third kappa shape index (κ3) is 3.17. The Morgan fingerprint density at radius 1 is 1.23 bits per heavy atom. The zero-order valence-corrected chi connectivity index (χ0v) is 17.2. The molecular weight excluding hydrogens is 404 g/mol. The van der Waals surface area contributed by atoms with Crippen LogP contribution < -0.4 is 20.3 Å². The van der Waals surface area contributed by atoms with Crippen LogP contribution in [0.3, 0.4) is 0 Å². The Balaban J connectivity index is 1.36. The molecule has 0 saturated carbocycles. The third-order valence-electron chi connectivity index (χ3n) is 4.98. The largest absolute Gasteiger partial charge is 0.454 e. The summed E-state index contributed by atoms with van der Waals surface area (Å²) in [4.78, 5) is 35.1. The van der Waals surface area contributed by atoms with Crippen molar-refractivity contribution in [3.8, 4) is 11.5 Å². The second-order valence-corrected chi connectivity index (χ2v) is 8.18. The van der Waals surface area contributed by atoms with E-state index in [1.165, 1.54) is 22.2 Å². The molecule has 0 atom stereocenters. The van der Waals surface area contributed by atoms with Gasteiger partial charge in [-0.1, -0.05) is 6.07 Å². The third-order valence-corrected chi connectivity index (χ3v) is 6.04. The van der Waals surface area contributed by atoms with Crippen LogP contribution in [0.2, 0.25) is 0 Å². The molecule has 3 aromatic heterocycles. The maximum absolute atomic E-state index is 12.9. The molecule has 30 heavy (non-hydrogen) atoms. The van der Waals surface area contributed by atoms with Crippen molar-refractivity contribution in [2.45, 2.75) is 26.9 Å². The molecule has 152 valence electrons. The van der Waals surface area contributed by atoms with Crippen molar-refractivity contribution < 1.29 is 14.3 Å². The van der Waals surface area contributed by atoms with E-state index in [1.54, 1.807) is 0 Å². The maximum Gasteiger partial charge on any atom is 0.271 e. The van der Waals surface area contributed by atoms with Gasteiger partial charge in [0.1, 0.15) is 16.1 Å². The quantitative estimate of drug-likeness (QED) is 0.543. The summed E-state index contributed by atoms with van der Waals surface area (Å²) >= 11 is 1.32. The molecule has 1 aliphatic heterocycles. The van der Waals surface area contributed by atoms with Crippen LogP contribution in [0.25, 0.3) is 20.4 Å². The molecule has 0 spiro atoms. The minimum absolute atomic E-state index is 0.105. The predicted molar refractivity (Wildman–Crippen MR) is 113 cm³/mol. The Morgan fingerprint density at radius 2 is 2.07 bits per heavy atom. The Hall–Kier alpha value is -3.46. The molecule has 0 fully saturated rings. The Morgan fingerprint density at radius 3 is 2.93 bits per heavy atom. The molecule has 1 N–H and O–H groups in total. The van der Waals surface area contributed by atoms with Crippen molar-refractivity contribution in [1.29, 1.82) is 0 Å². The number of ether oxygens (including phenoxy) is 2. The number of pyridine rings is 1. The van der Waals surface area contributed by atoms with E-state index in [1.807, 2.05) is 38.1 Å². The van der Waals surface area contributed by atoms with Gasteiger partial charge < -0.3 is 14.8 Å². The number of rotatable bonds is 4. The molecule has 8 nitrogen and oxygen atoms in total. The lowest BCUT2D eigenvalue weighted by Crippen LogP contribution is -2.31. The van der Waals surface area contributed by atoms with Crippen LogP contribution in [-0.2, 0) is 17.9 Å². The lowest BCUT2D eigenvalue weighted by atomic mass is 10.1. The molecular formula is C21H18N4O4S. The Kier molecular flexibility index (Phi) is 4.39. The maximum atomic E-state index is 12.9. The van der Waals surface area contributed by atoms with Gasteiger partial charge in [0.25, 0.3) is 5.56 Å². The first-order valence-corrected chi connectivity index (χ1v) is 10.2. The highest BCUT2D eigenvalue weighted by Gasteiger charge is 2.16. The number of amides is 1. The summed E-state index contributed by atoms with van der Waals surface area (Å²) in [6, 6.07) is 7.48. The van der Waals surface area contributed by atoms with E-state index >= 15 is 0 Å². The standard InChI is InChI=1S/C21H18N4O4S/c1-11-5-12(2)24-20-17(11)18-19(30-20)21(27)25(9-23-18)8-16(26)22-7-13-3-4-14-15(6-13)29-10-28-14/h3-6,9H,7-8,10H2,1-2H3,(H,22,26). The number of carbonyl (C=O) groups is 1. The van der Waals surface area contributed by atoms with Gasteiger partial charge in [-0.3, -0.25) is 14.2 Å². The molecule has 9 heteroatoms. The molecule has 0 bridgehead atoms. The summed E-state index contributed by atoms with van der Waals surface area (Å²) in [6.07, 6.45) is 1.43. The van der Waals surface area contributed by atoms with Gasteiger partial charge in [-0.2, -0.15) is 0 Å². The molecule has 5 rings (SSSR count). The highest BCUT2D eigenvalue weighted by atomic mass is 32.1. The minimum atomic E-state index is -0.276. The molecule has 1 aromatic carbocycles. The first-order valence-electron chi connectivity index (χ1n) is 9.41. The number of hydrogen-bond acceptors (Lipinski definition) is 7. The summed E-state index contributed by atoms with van der Waals surface area (Å²) in [6.45, 7) is 4.33. The number of thiophene rings is 1. The molecule has 1 amide bonds. The number of nitrogens with one attached hydrogen (secondary N) is 1. The van der Waals surface area contributed by atoms with Gasteiger partial charge in [0.15, 0.2) is 11.5 Å². The van der Waals surface area contributed by atoms with Gasteiger partial charge in [-0.25, -0.2) is 9.97 Å². The summed E-state index contributed by atoms with van der Waals surface area (Å²) in [7, 11) is 0. The van der Waals surface area contributed by atoms with Crippen LogP contribution in [0.5, 0.6) is 11.5 Å². The second kappa shape index (κ2) is 7.10. The number of aromatic nitrogens is 3. The fourth-order valence-electron chi connectivity index (χ4n) is 3.58. The van der Waals surface area contributed by atoms with Crippen LogP contribution in [0.15, 0.2) is 35.4 Å². The van der Waals surface area contributed by atoms with Crippen molar-refractivity contribution >= 4 is 37.7 Å². The molecule has 1 aliphatic rings. The first-order chi connectivity index (χ1) is 14.5. The highest BCUT2D eigenvalue weighted by molar-refractivity contribution is 7.25. The number of fused-ring (bicyclic) bond motifs is 4. The van der Waals surface area contributed by atoms with Crippen LogP contribution in [0, 0.1) is 13.8 Å². The van der Waals surface area contributed by atoms with Gasteiger partial charge in [0, 0.05) is 17.6 Å². The van der Waals surface area contributed by atoms with E-state index < -0.39 is 0 Å². The zero-order chi connectivity index (χ0) is 20.8.